The Kier molecular flexibility index (Phi) is 2.57. The van der Waals surface area contributed by atoms with Crippen LogP contribution in [0.25, 0.3) is 16.6 Å². The van der Waals surface area contributed by atoms with Gasteiger partial charge < -0.3 is 4.98 Å². The highest BCUT2D eigenvalue weighted by atomic mass is 16.1. The number of H-pyrrole nitrogens is 1. The first-order valence-electron chi connectivity index (χ1n) is 7.07. The predicted octanol–water partition coefficient (Wildman–Crippen LogP) is 3.01. The maximum Gasteiger partial charge on any atom is 0.279 e. The highest BCUT2D eigenvalue weighted by molar-refractivity contribution is 5.99. The Bertz CT molecular complexity index is 886. The summed E-state index contributed by atoms with van der Waals surface area (Å²) in [5, 5.41) is 0.796. The number of para-hydroxylation sites is 1. The molecule has 3 aromatic rings. The molecule has 4 heteroatoms. The highest BCUT2D eigenvalue weighted by Crippen LogP contribution is 2.43. The molecule has 4 rings (SSSR count). The number of aromatic nitrogens is 2. The summed E-state index contributed by atoms with van der Waals surface area (Å²) in [5.74, 6) is 0.456. The van der Waals surface area contributed by atoms with Crippen LogP contribution in [0.4, 0.5) is 0 Å². The lowest BCUT2D eigenvalue weighted by molar-refractivity contribution is 0.112. The van der Waals surface area contributed by atoms with Gasteiger partial charge in [0.05, 0.1) is 0 Å². The summed E-state index contributed by atoms with van der Waals surface area (Å²) in [6.07, 6.45) is 6.58. The van der Waals surface area contributed by atoms with Gasteiger partial charge in [-0.1, -0.05) is 18.2 Å². The van der Waals surface area contributed by atoms with Gasteiger partial charge in [0, 0.05) is 29.0 Å². The van der Waals surface area contributed by atoms with Crippen LogP contribution >= 0.6 is 0 Å². The van der Waals surface area contributed by atoms with E-state index in [-0.39, 0.29) is 5.56 Å². The molecule has 21 heavy (non-hydrogen) atoms. The molecular weight excluding hydrogens is 264 g/mol. The Hall–Kier alpha value is -2.62. The van der Waals surface area contributed by atoms with Gasteiger partial charge in [-0.3, -0.25) is 14.2 Å². The van der Waals surface area contributed by atoms with Crippen molar-refractivity contribution >= 4 is 17.2 Å². The summed E-state index contributed by atoms with van der Waals surface area (Å²) < 4.78 is 1.67. The predicted molar refractivity (Wildman–Crippen MR) is 81.3 cm³/mol. The fourth-order valence-corrected chi connectivity index (χ4v) is 2.88. The monoisotopic (exact) mass is 278 g/mol. The van der Waals surface area contributed by atoms with Crippen molar-refractivity contribution in [3.63, 3.8) is 0 Å². The molecule has 0 atom stereocenters. The van der Waals surface area contributed by atoms with Gasteiger partial charge in [-0.05, 0) is 36.5 Å². The molecule has 2 aromatic heterocycles. The third-order valence-corrected chi connectivity index (χ3v) is 4.08. The van der Waals surface area contributed by atoms with Crippen LogP contribution < -0.4 is 5.56 Å². The first kappa shape index (κ1) is 12.1. The first-order chi connectivity index (χ1) is 10.3. The van der Waals surface area contributed by atoms with Gasteiger partial charge in [0.1, 0.15) is 5.52 Å². The molecular formula is C17H14N2O2. The van der Waals surface area contributed by atoms with E-state index >= 15 is 0 Å². The summed E-state index contributed by atoms with van der Waals surface area (Å²) >= 11 is 0. The van der Waals surface area contributed by atoms with Gasteiger partial charge in [-0.25, -0.2) is 0 Å². The van der Waals surface area contributed by atoms with Crippen LogP contribution in [0.1, 0.15) is 34.7 Å². The SMILES string of the molecule is O=Cc1c[nH]c2c(=O)n(-c3ccccc3)cc(C3CC3)c12. The van der Waals surface area contributed by atoms with Crippen molar-refractivity contribution in [2.45, 2.75) is 18.8 Å². The third-order valence-electron chi connectivity index (χ3n) is 4.08. The number of fused-ring (bicyclic) bond motifs is 1. The van der Waals surface area contributed by atoms with Crippen molar-refractivity contribution in [3.05, 3.63) is 64.2 Å². The lowest BCUT2D eigenvalue weighted by atomic mass is 10.1. The first-order valence-corrected chi connectivity index (χ1v) is 7.07. The molecule has 0 bridgehead atoms. The summed E-state index contributed by atoms with van der Waals surface area (Å²) in [6, 6.07) is 9.57. The molecule has 1 aliphatic rings. The maximum absolute atomic E-state index is 12.7. The second-order valence-corrected chi connectivity index (χ2v) is 5.48. The fraction of sp³-hybridized carbons (Fsp3) is 0.176. The van der Waals surface area contributed by atoms with E-state index in [2.05, 4.69) is 4.98 Å². The van der Waals surface area contributed by atoms with Crippen LogP contribution in [0, 0.1) is 0 Å². The van der Waals surface area contributed by atoms with E-state index in [4.69, 9.17) is 0 Å². The smallest absolute Gasteiger partial charge is 0.279 e. The zero-order valence-corrected chi connectivity index (χ0v) is 11.4. The van der Waals surface area contributed by atoms with E-state index < -0.39 is 0 Å². The Labute approximate surface area is 121 Å². The average Bonchev–Trinajstić information content (AvgIpc) is 3.27. The van der Waals surface area contributed by atoms with Gasteiger partial charge >= 0.3 is 0 Å². The molecule has 0 amide bonds. The van der Waals surface area contributed by atoms with Crippen molar-refractivity contribution in [2.75, 3.05) is 0 Å². The molecule has 104 valence electrons. The van der Waals surface area contributed by atoms with E-state index in [1.807, 2.05) is 36.5 Å². The lowest BCUT2D eigenvalue weighted by Gasteiger charge is -2.10. The molecule has 0 saturated heterocycles. The van der Waals surface area contributed by atoms with Crippen molar-refractivity contribution in [1.82, 2.24) is 9.55 Å². The second-order valence-electron chi connectivity index (χ2n) is 5.48. The highest BCUT2D eigenvalue weighted by Gasteiger charge is 2.28. The zero-order chi connectivity index (χ0) is 14.4. The van der Waals surface area contributed by atoms with Crippen LogP contribution in [-0.4, -0.2) is 15.8 Å². The Morgan fingerprint density at radius 1 is 1.19 bits per heavy atom. The van der Waals surface area contributed by atoms with Gasteiger partial charge in [0.25, 0.3) is 5.56 Å². The Morgan fingerprint density at radius 3 is 2.62 bits per heavy atom. The zero-order valence-electron chi connectivity index (χ0n) is 11.4. The van der Waals surface area contributed by atoms with E-state index in [9.17, 15) is 9.59 Å². The molecule has 4 nitrogen and oxygen atoms in total. The number of benzene rings is 1. The average molecular weight is 278 g/mol. The summed E-state index contributed by atoms with van der Waals surface area (Å²) in [5.41, 5.74) is 2.91. The van der Waals surface area contributed by atoms with Gasteiger partial charge in [-0.2, -0.15) is 0 Å². The minimum atomic E-state index is -0.117. The number of carbonyl (C=O) groups is 1. The maximum atomic E-state index is 12.7. The Morgan fingerprint density at radius 2 is 1.95 bits per heavy atom. The van der Waals surface area contributed by atoms with E-state index in [0.717, 1.165) is 35.8 Å². The largest absolute Gasteiger partial charge is 0.356 e. The van der Waals surface area contributed by atoms with E-state index in [0.29, 0.717) is 17.0 Å². The molecule has 2 heterocycles. The second kappa shape index (κ2) is 4.45. The number of hydrogen-bond donors (Lipinski definition) is 1. The molecule has 1 fully saturated rings. The fourth-order valence-electron chi connectivity index (χ4n) is 2.88. The molecule has 0 aliphatic heterocycles. The molecule has 0 unspecified atom stereocenters. The van der Waals surface area contributed by atoms with Gasteiger partial charge in [0.15, 0.2) is 6.29 Å². The molecule has 1 aliphatic carbocycles. The quantitative estimate of drug-likeness (QED) is 0.749. The van der Waals surface area contributed by atoms with Gasteiger partial charge in [-0.15, -0.1) is 0 Å². The number of nitrogens with one attached hydrogen (secondary N) is 1. The summed E-state index contributed by atoms with van der Waals surface area (Å²) in [4.78, 5) is 26.9. The number of hydrogen-bond acceptors (Lipinski definition) is 2. The molecule has 0 spiro atoms. The van der Waals surface area contributed by atoms with Crippen molar-refractivity contribution in [3.8, 4) is 5.69 Å². The lowest BCUT2D eigenvalue weighted by Crippen LogP contribution is -2.19. The number of carbonyl (C=O) groups excluding carboxylic acids is 1. The molecule has 1 saturated carbocycles. The minimum Gasteiger partial charge on any atom is -0.356 e. The van der Waals surface area contributed by atoms with Gasteiger partial charge in [0.2, 0.25) is 0 Å². The minimum absolute atomic E-state index is 0.117. The van der Waals surface area contributed by atoms with Crippen LogP contribution in [0.3, 0.4) is 0 Å². The van der Waals surface area contributed by atoms with E-state index in [1.165, 1.54) is 0 Å². The molecule has 1 N–H and O–H groups in total. The number of rotatable bonds is 3. The molecule has 1 aromatic carbocycles. The van der Waals surface area contributed by atoms with Crippen molar-refractivity contribution < 1.29 is 4.79 Å². The van der Waals surface area contributed by atoms with Crippen LogP contribution in [0.5, 0.6) is 0 Å². The van der Waals surface area contributed by atoms with Crippen molar-refractivity contribution in [2.24, 2.45) is 0 Å². The van der Waals surface area contributed by atoms with Crippen LogP contribution in [0.15, 0.2) is 47.5 Å². The normalized spacial score (nSPS) is 14.5. The number of aldehydes is 1. The standard InChI is InChI=1S/C17H14N2O2/c20-10-12-8-18-16-15(12)14(11-6-7-11)9-19(17(16)21)13-4-2-1-3-5-13/h1-5,8-11,18H,6-7H2. The summed E-state index contributed by atoms with van der Waals surface area (Å²) in [7, 11) is 0. The number of nitrogens with zero attached hydrogens (tertiary/aromatic N) is 1. The van der Waals surface area contributed by atoms with Crippen LogP contribution in [-0.2, 0) is 0 Å². The van der Waals surface area contributed by atoms with E-state index in [1.54, 1.807) is 10.8 Å². The van der Waals surface area contributed by atoms with Crippen LogP contribution in [0.2, 0.25) is 0 Å². The summed E-state index contributed by atoms with van der Waals surface area (Å²) in [6.45, 7) is 0. The number of aromatic amines is 1. The molecule has 0 radical (unpaired) electrons. The topological polar surface area (TPSA) is 54.9 Å². The third kappa shape index (κ3) is 1.83. The Balaban J connectivity index is 2.08. The van der Waals surface area contributed by atoms with Crippen molar-refractivity contribution in [1.29, 1.82) is 0 Å². The number of pyridine rings is 1.